The van der Waals surface area contributed by atoms with Crippen LogP contribution in [0.15, 0.2) is 53.0 Å². The van der Waals surface area contributed by atoms with Gasteiger partial charge in [0.2, 0.25) is 0 Å². The lowest BCUT2D eigenvalue weighted by Crippen LogP contribution is -2.28. The summed E-state index contributed by atoms with van der Waals surface area (Å²) in [5.74, 6) is 0. The summed E-state index contributed by atoms with van der Waals surface area (Å²) >= 11 is 3.43. The number of aliphatic hydroxyl groups is 1. The second-order valence-electron chi connectivity index (χ2n) is 5.67. The molecule has 106 valence electrons. The zero-order valence-electron chi connectivity index (χ0n) is 11.8. The lowest BCUT2D eigenvalue weighted by molar-refractivity contribution is 0.220. The minimum atomic E-state index is -0.609. The van der Waals surface area contributed by atoms with Crippen molar-refractivity contribution in [1.82, 2.24) is 0 Å². The van der Waals surface area contributed by atoms with E-state index >= 15 is 0 Å². The molecule has 0 aliphatic carbocycles. The van der Waals surface area contributed by atoms with Gasteiger partial charge in [0.15, 0.2) is 0 Å². The van der Waals surface area contributed by atoms with E-state index in [2.05, 4.69) is 29.8 Å². The van der Waals surface area contributed by atoms with Gasteiger partial charge in [0.1, 0.15) is 6.10 Å². The second kappa shape index (κ2) is 6.08. The largest absolute Gasteiger partial charge is 0.384 e. The SMILES string of the molecule is CC(C)(CN)c1ccc(C(O)c2cccc(Br)c2)cc1. The topological polar surface area (TPSA) is 46.2 Å². The predicted octanol–water partition coefficient (Wildman–Crippen LogP) is 3.77. The summed E-state index contributed by atoms with van der Waals surface area (Å²) in [6.45, 7) is 4.83. The maximum Gasteiger partial charge on any atom is 0.104 e. The van der Waals surface area contributed by atoms with Gasteiger partial charge in [-0.05, 0) is 28.8 Å². The molecule has 2 rings (SSSR count). The van der Waals surface area contributed by atoms with Crippen LogP contribution in [0.4, 0.5) is 0 Å². The molecule has 0 bridgehead atoms. The molecule has 0 aliphatic heterocycles. The molecule has 0 aromatic heterocycles. The number of hydrogen-bond acceptors (Lipinski definition) is 2. The van der Waals surface area contributed by atoms with E-state index in [1.165, 1.54) is 5.56 Å². The molecular weight excluding hydrogens is 314 g/mol. The first-order valence-corrected chi connectivity index (χ1v) is 7.47. The van der Waals surface area contributed by atoms with Crippen molar-refractivity contribution in [2.45, 2.75) is 25.4 Å². The van der Waals surface area contributed by atoms with Gasteiger partial charge in [-0.2, -0.15) is 0 Å². The molecule has 0 radical (unpaired) electrons. The minimum absolute atomic E-state index is 0.0424. The fourth-order valence-corrected chi connectivity index (χ4v) is 2.52. The lowest BCUT2D eigenvalue weighted by atomic mass is 9.84. The third-order valence-corrected chi connectivity index (χ3v) is 4.18. The van der Waals surface area contributed by atoms with Crippen LogP contribution in [0.2, 0.25) is 0 Å². The smallest absolute Gasteiger partial charge is 0.104 e. The Labute approximate surface area is 128 Å². The summed E-state index contributed by atoms with van der Waals surface area (Å²) in [7, 11) is 0. The Morgan fingerprint density at radius 3 is 2.30 bits per heavy atom. The van der Waals surface area contributed by atoms with Gasteiger partial charge in [0.05, 0.1) is 0 Å². The zero-order valence-corrected chi connectivity index (χ0v) is 13.4. The van der Waals surface area contributed by atoms with Crippen molar-refractivity contribution in [3.63, 3.8) is 0 Å². The van der Waals surface area contributed by atoms with Gasteiger partial charge < -0.3 is 10.8 Å². The molecule has 1 unspecified atom stereocenters. The van der Waals surface area contributed by atoms with Crippen molar-refractivity contribution in [3.05, 3.63) is 69.7 Å². The van der Waals surface area contributed by atoms with E-state index in [9.17, 15) is 5.11 Å². The number of hydrogen-bond donors (Lipinski definition) is 2. The normalized spacial score (nSPS) is 13.2. The lowest BCUT2D eigenvalue weighted by Gasteiger charge is -2.23. The van der Waals surface area contributed by atoms with E-state index in [0.29, 0.717) is 6.54 Å². The fraction of sp³-hybridized carbons (Fsp3) is 0.294. The highest BCUT2D eigenvalue weighted by atomic mass is 79.9. The van der Waals surface area contributed by atoms with E-state index in [1.807, 2.05) is 48.5 Å². The highest BCUT2D eigenvalue weighted by molar-refractivity contribution is 9.10. The number of nitrogens with two attached hydrogens (primary N) is 1. The molecule has 0 saturated carbocycles. The van der Waals surface area contributed by atoms with Crippen LogP contribution in [0.25, 0.3) is 0 Å². The van der Waals surface area contributed by atoms with E-state index < -0.39 is 6.10 Å². The van der Waals surface area contributed by atoms with Crippen molar-refractivity contribution in [2.75, 3.05) is 6.54 Å². The van der Waals surface area contributed by atoms with Crippen LogP contribution in [0.5, 0.6) is 0 Å². The average Bonchev–Trinajstić information content (AvgIpc) is 2.46. The molecule has 0 fully saturated rings. The van der Waals surface area contributed by atoms with E-state index in [-0.39, 0.29) is 5.41 Å². The molecule has 0 aliphatic rings. The summed E-state index contributed by atoms with van der Waals surface area (Å²) in [5.41, 5.74) is 8.70. The van der Waals surface area contributed by atoms with Gasteiger partial charge in [0, 0.05) is 16.4 Å². The summed E-state index contributed by atoms with van der Waals surface area (Å²) < 4.78 is 0.968. The van der Waals surface area contributed by atoms with Gasteiger partial charge in [-0.25, -0.2) is 0 Å². The van der Waals surface area contributed by atoms with Gasteiger partial charge >= 0.3 is 0 Å². The average molecular weight is 334 g/mol. The Morgan fingerprint density at radius 1 is 1.10 bits per heavy atom. The second-order valence-corrected chi connectivity index (χ2v) is 6.58. The van der Waals surface area contributed by atoms with Crippen molar-refractivity contribution < 1.29 is 5.11 Å². The molecule has 2 aromatic rings. The standard InChI is InChI=1S/C17H20BrNO/c1-17(2,11-19)14-8-6-12(7-9-14)16(20)13-4-3-5-15(18)10-13/h3-10,16,20H,11,19H2,1-2H3. The quantitative estimate of drug-likeness (QED) is 0.894. The Hall–Kier alpha value is -1.16. The Morgan fingerprint density at radius 2 is 1.75 bits per heavy atom. The predicted molar refractivity (Wildman–Crippen MR) is 86.7 cm³/mol. The number of rotatable bonds is 4. The van der Waals surface area contributed by atoms with Crippen molar-refractivity contribution >= 4 is 15.9 Å². The summed E-state index contributed by atoms with van der Waals surface area (Å²) in [4.78, 5) is 0. The molecular formula is C17H20BrNO. The van der Waals surface area contributed by atoms with Crippen LogP contribution in [0.3, 0.4) is 0 Å². The van der Waals surface area contributed by atoms with Crippen LogP contribution in [0.1, 0.15) is 36.6 Å². The summed E-state index contributed by atoms with van der Waals surface area (Å²) in [6, 6.07) is 15.8. The molecule has 2 aromatic carbocycles. The first kappa shape index (κ1) is 15.2. The monoisotopic (exact) mass is 333 g/mol. The first-order chi connectivity index (χ1) is 9.44. The number of aliphatic hydroxyl groups excluding tert-OH is 1. The van der Waals surface area contributed by atoms with E-state index in [1.54, 1.807) is 0 Å². The molecule has 3 heteroatoms. The van der Waals surface area contributed by atoms with Gasteiger partial charge in [-0.1, -0.05) is 66.2 Å². The maximum absolute atomic E-state index is 10.4. The Kier molecular flexibility index (Phi) is 4.63. The fourth-order valence-electron chi connectivity index (χ4n) is 2.10. The van der Waals surface area contributed by atoms with Gasteiger partial charge in [-0.15, -0.1) is 0 Å². The Bertz CT molecular complexity index is 578. The number of benzene rings is 2. The molecule has 0 spiro atoms. The molecule has 2 nitrogen and oxygen atoms in total. The van der Waals surface area contributed by atoms with Crippen LogP contribution < -0.4 is 5.73 Å². The Balaban J connectivity index is 2.26. The van der Waals surface area contributed by atoms with E-state index in [4.69, 9.17) is 5.73 Å². The van der Waals surface area contributed by atoms with Crippen LogP contribution in [-0.4, -0.2) is 11.7 Å². The van der Waals surface area contributed by atoms with Gasteiger partial charge in [-0.3, -0.25) is 0 Å². The van der Waals surface area contributed by atoms with Gasteiger partial charge in [0.25, 0.3) is 0 Å². The highest BCUT2D eigenvalue weighted by Gasteiger charge is 2.19. The van der Waals surface area contributed by atoms with Crippen LogP contribution in [0, 0.1) is 0 Å². The van der Waals surface area contributed by atoms with Crippen molar-refractivity contribution in [2.24, 2.45) is 5.73 Å². The van der Waals surface area contributed by atoms with Crippen LogP contribution in [-0.2, 0) is 5.41 Å². The molecule has 1 atom stereocenters. The van der Waals surface area contributed by atoms with E-state index in [0.717, 1.165) is 15.6 Å². The zero-order chi connectivity index (χ0) is 14.8. The van der Waals surface area contributed by atoms with Crippen molar-refractivity contribution in [1.29, 1.82) is 0 Å². The summed E-state index contributed by atoms with van der Waals surface area (Å²) in [5, 5.41) is 10.4. The minimum Gasteiger partial charge on any atom is -0.384 e. The molecule has 0 amide bonds. The molecule has 3 N–H and O–H groups in total. The molecule has 20 heavy (non-hydrogen) atoms. The van der Waals surface area contributed by atoms with Crippen molar-refractivity contribution in [3.8, 4) is 0 Å². The highest BCUT2D eigenvalue weighted by Crippen LogP contribution is 2.27. The third-order valence-electron chi connectivity index (χ3n) is 3.68. The third kappa shape index (κ3) is 3.29. The maximum atomic E-state index is 10.4. The van der Waals surface area contributed by atoms with Crippen LogP contribution >= 0.6 is 15.9 Å². The first-order valence-electron chi connectivity index (χ1n) is 6.68. The molecule has 0 heterocycles. The molecule has 0 saturated heterocycles. The number of halogens is 1. The summed E-state index contributed by atoms with van der Waals surface area (Å²) in [6.07, 6.45) is -0.609.